The molecule has 1 atom stereocenters. The van der Waals surface area contributed by atoms with Gasteiger partial charge in [-0.2, -0.15) is 4.68 Å². The van der Waals surface area contributed by atoms with Crippen molar-refractivity contribution >= 4 is 27.6 Å². The summed E-state index contributed by atoms with van der Waals surface area (Å²) in [5.41, 5.74) is 2.16. The van der Waals surface area contributed by atoms with Crippen LogP contribution in [0.25, 0.3) is 5.70 Å². The Hall–Kier alpha value is -2.74. The maximum Gasteiger partial charge on any atom is 0.248 e. The number of nitrogens with zero attached hydrogens (tertiary/aromatic N) is 4. The van der Waals surface area contributed by atoms with Gasteiger partial charge >= 0.3 is 0 Å². The maximum absolute atomic E-state index is 14.4. The van der Waals surface area contributed by atoms with Crippen LogP contribution < -0.4 is 10.1 Å². The lowest BCUT2D eigenvalue weighted by Crippen LogP contribution is -2.21. The normalized spacial score (nSPS) is 16.0. The number of benzene rings is 2. The first-order chi connectivity index (χ1) is 12.2. The fourth-order valence-corrected chi connectivity index (χ4v) is 3.15. The largest absolute Gasteiger partial charge is 0.497 e. The van der Waals surface area contributed by atoms with Gasteiger partial charge in [0.05, 0.1) is 7.11 Å². The number of tetrazole rings is 1. The molecular formula is C17H13BrFN5O. The van der Waals surface area contributed by atoms with Gasteiger partial charge in [0.25, 0.3) is 0 Å². The number of rotatable bonds is 3. The predicted octanol–water partition coefficient (Wildman–Crippen LogP) is 3.64. The van der Waals surface area contributed by atoms with Gasteiger partial charge in [0.2, 0.25) is 5.95 Å². The van der Waals surface area contributed by atoms with Crippen molar-refractivity contribution < 1.29 is 9.13 Å². The number of hydrogen-bond donors (Lipinski definition) is 1. The minimum absolute atomic E-state index is 0.321. The number of fused-ring (bicyclic) bond motifs is 1. The van der Waals surface area contributed by atoms with Crippen molar-refractivity contribution in [3.05, 3.63) is 70.0 Å². The van der Waals surface area contributed by atoms with E-state index in [1.54, 1.807) is 23.9 Å². The Morgan fingerprint density at radius 2 is 2.12 bits per heavy atom. The average molecular weight is 402 g/mol. The van der Waals surface area contributed by atoms with Crippen molar-refractivity contribution in [3.8, 4) is 5.75 Å². The molecule has 2 heterocycles. The van der Waals surface area contributed by atoms with E-state index in [1.807, 2.05) is 30.3 Å². The molecule has 0 unspecified atom stereocenters. The van der Waals surface area contributed by atoms with Gasteiger partial charge in [-0.3, -0.25) is 0 Å². The Balaban J connectivity index is 1.84. The number of halogens is 2. The molecule has 8 heteroatoms. The molecule has 6 nitrogen and oxygen atoms in total. The molecule has 0 radical (unpaired) electrons. The topological polar surface area (TPSA) is 64.9 Å². The van der Waals surface area contributed by atoms with Gasteiger partial charge in [0.1, 0.15) is 17.6 Å². The summed E-state index contributed by atoms with van der Waals surface area (Å²) in [6.07, 6.45) is 1.89. The molecule has 1 aliphatic heterocycles. The first kappa shape index (κ1) is 15.8. The summed E-state index contributed by atoms with van der Waals surface area (Å²) >= 11 is 3.39. The van der Waals surface area contributed by atoms with Crippen LogP contribution in [0.3, 0.4) is 0 Å². The number of anilines is 1. The van der Waals surface area contributed by atoms with E-state index in [0.717, 1.165) is 21.5 Å². The number of allylic oxidation sites excluding steroid dienone is 1. The highest BCUT2D eigenvalue weighted by atomic mass is 79.9. The van der Waals surface area contributed by atoms with E-state index in [9.17, 15) is 4.39 Å². The fraction of sp³-hybridized carbons (Fsp3) is 0.118. The molecule has 0 fully saturated rings. The van der Waals surface area contributed by atoms with E-state index < -0.39 is 6.04 Å². The highest BCUT2D eigenvalue weighted by Crippen LogP contribution is 2.34. The summed E-state index contributed by atoms with van der Waals surface area (Å²) < 4.78 is 22.0. The highest BCUT2D eigenvalue weighted by molar-refractivity contribution is 9.10. The van der Waals surface area contributed by atoms with Crippen LogP contribution in [-0.4, -0.2) is 27.3 Å². The molecule has 0 bridgehead atoms. The zero-order chi connectivity index (χ0) is 17.4. The van der Waals surface area contributed by atoms with Crippen LogP contribution in [0.4, 0.5) is 10.3 Å². The molecule has 25 heavy (non-hydrogen) atoms. The Kier molecular flexibility index (Phi) is 3.96. The Bertz CT molecular complexity index is 971. The molecule has 2 aromatic carbocycles. The molecular weight excluding hydrogens is 389 g/mol. The summed E-state index contributed by atoms with van der Waals surface area (Å²) in [4.78, 5) is 0. The Morgan fingerprint density at radius 3 is 2.96 bits per heavy atom. The van der Waals surface area contributed by atoms with Gasteiger partial charge in [-0.25, -0.2) is 4.39 Å². The first-order valence-electron chi connectivity index (χ1n) is 7.52. The zero-order valence-corrected chi connectivity index (χ0v) is 14.7. The monoisotopic (exact) mass is 401 g/mol. The lowest BCUT2D eigenvalue weighted by atomic mass is 10.0. The minimum Gasteiger partial charge on any atom is -0.497 e. The SMILES string of the molecule is COc1cccc(C2=C[C@H](c3cc(Br)ccc3F)n3nnnc3N2)c1. The molecule has 126 valence electrons. The smallest absolute Gasteiger partial charge is 0.248 e. The summed E-state index contributed by atoms with van der Waals surface area (Å²) in [6, 6.07) is 11.9. The molecule has 0 aliphatic carbocycles. The minimum atomic E-state index is -0.468. The van der Waals surface area contributed by atoms with Crippen molar-refractivity contribution in [2.75, 3.05) is 12.4 Å². The summed E-state index contributed by atoms with van der Waals surface area (Å²) in [5.74, 6) is 0.859. The van der Waals surface area contributed by atoms with Crippen LogP contribution in [0.1, 0.15) is 17.2 Å². The number of ether oxygens (including phenoxy) is 1. The third-order valence-corrected chi connectivity index (χ3v) is 4.48. The summed E-state index contributed by atoms with van der Waals surface area (Å²) in [7, 11) is 1.61. The van der Waals surface area contributed by atoms with Crippen LogP contribution in [0.15, 0.2) is 53.0 Å². The molecule has 0 saturated heterocycles. The van der Waals surface area contributed by atoms with Crippen LogP contribution in [0.2, 0.25) is 0 Å². The number of aromatic nitrogens is 4. The maximum atomic E-state index is 14.4. The van der Waals surface area contributed by atoms with Crippen molar-refractivity contribution in [2.45, 2.75) is 6.04 Å². The van der Waals surface area contributed by atoms with E-state index in [4.69, 9.17) is 4.74 Å². The van der Waals surface area contributed by atoms with E-state index in [-0.39, 0.29) is 5.82 Å². The van der Waals surface area contributed by atoms with E-state index >= 15 is 0 Å². The van der Waals surface area contributed by atoms with Gasteiger partial charge in [0.15, 0.2) is 0 Å². The molecule has 1 aromatic heterocycles. The lowest BCUT2D eigenvalue weighted by molar-refractivity contribution is 0.414. The number of methoxy groups -OCH3 is 1. The Labute approximate surface area is 151 Å². The van der Waals surface area contributed by atoms with Gasteiger partial charge < -0.3 is 10.1 Å². The lowest BCUT2D eigenvalue weighted by Gasteiger charge is -2.24. The van der Waals surface area contributed by atoms with Crippen LogP contribution in [-0.2, 0) is 0 Å². The van der Waals surface area contributed by atoms with Gasteiger partial charge in [-0.05, 0) is 46.8 Å². The first-order valence-corrected chi connectivity index (χ1v) is 8.31. The van der Waals surface area contributed by atoms with Crippen LogP contribution in [0.5, 0.6) is 5.75 Å². The third kappa shape index (κ3) is 2.89. The van der Waals surface area contributed by atoms with Crippen LogP contribution in [0, 0.1) is 5.82 Å². The molecule has 1 aliphatic rings. The van der Waals surface area contributed by atoms with Gasteiger partial charge in [-0.15, -0.1) is 0 Å². The van der Waals surface area contributed by atoms with E-state index in [0.29, 0.717) is 11.5 Å². The fourth-order valence-electron chi connectivity index (χ4n) is 2.78. The predicted molar refractivity (Wildman–Crippen MR) is 94.6 cm³/mol. The van der Waals surface area contributed by atoms with Gasteiger partial charge in [0, 0.05) is 21.3 Å². The second-order valence-corrected chi connectivity index (χ2v) is 6.41. The quantitative estimate of drug-likeness (QED) is 0.725. The highest BCUT2D eigenvalue weighted by Gasteiger charge is 2.26. The second kappa shape index (κ2) is 6.29. The van der Waals surface area contributed by atoms with E-state index in [2.05, 4.69) is 36.8 Å². The third-order valence-electron chi connectivity index (χ3n) is 3.98. The zero-order valence-electron chi connectivity index (χ0n) is 13.1. The van der Waals surface area contributed by atoms with Crippen LogP contribution >= 0.6 is 15.9 Å². The summed E-state index contributed by atoms with van der Waals surface area (Å²) in [6.45, 7) is 0. The van der Waals surface area contributed by atoms with Crippen molar-refractivity contribution in [2.24, 2.45) is 0 Å². The number of hydrogen-bond acceptors (Lipinski definition) is 5. The molecule has 0 saturated carbocycles. The second-order valence-electron chi connectivity index (χ2n) is 5.50. The van der Waals surface area contributed by atoms with Gasteiger partial charge in [-0.1, -0.05) is 33.2 Å². The van der Waals surface area contributed by atoms with Crippen molar-refractivity contribution in [3.63, 3.8) is 0 Å². The molecule has 4 rings (SSSR count). The Morgan fingerprint density at radius 1 is 1.24 bits per heavy atom. The van der Waals surface area contributed by atoms with Crippen molar-refractivity contribution in [1.82, 2.24) is 20.2 Å². The molecule has 0 spiro atoms. The number of nitrogens with one attached hydrogen (secondary N) is 1. The van der Waals surface area contributed by atoms with Crippen molar-refractivity contribution in [1.29, 1.82) is 0 Å². The standard InChI is InChI=1S/C17H13BrFN5O/c1-25-12-4-2-3-10(7-12)15-9-16(24-17(20-15)21-22-23-24)13-8-11(18)5-6-14(13)19/h2-9,16H,1H3,(H,20,21,23)/t16-/m1/s1. The summed E-state index contributed by atoms with van der Waals surface area (Å²) in [5, 5.41) is 14.9. The molecule has 1 N–H and O–H groups in total. The average Bonchev–Trinajstić information content (AvgIpc) is 3.11. The van der Waals surface area contributed by atoms with E-state index in [1.165, 1.54) is 6.07 Å². The molecule has 3 aromatic rings. The molecule has 0 amide bonds.